The van der Waals surface area contributed by atoms with E-state index in [9.17, 15) is 14.3 Å². The molecule has 0 atom stereocenters. The zero-order valence-corrected chi connectivity index (χ0v) is 18.6. The molecular weight excluding hydrogens is 445 g/mol. The Morgan fingerprint density at radius 2 is 2.18 bits per heavy atom. The number of halogens is 1. The van der Waals surface area contributed by atoms with E-state index in [0.717, 1.165) is 5.56 Å². The van der Waals surface area contributed by atoms with Crippen molar-refractivity contribution >= 4 is 41.2 Å². The Morgan fingerprint density at radius 1 is 1.32 bits per heavy atom. The van der Waals surface area contributed by atoms with Crippen LogP contribution < -0.4 is 15.0 Å². The van der Waals surface area contributed by atoms with E-state index in [2.05, 4.69) is 15.3 Å². The molecule has 0 amide bonds. The lowest BCUT2D eigenvalue weighted by molar-refractivity contribution is -0.348. The van der Waals surface area contributed by atoms with Crippen LogP contribution in [0.25, 0.3) is 11.6 Å². The Kier molecular flexibility index (Phi) is 6.88. The molecule has 3 aromatic rings. The van der Waals surface area contributed by atoms with Crippen LogP contribution in [0.3, 0.4) is 0 Å². The number of furan rings is 1. The first-order chi connectivity index (χ1) is 16.5. The second kappa shape index (κ2) is 10.2. The maximum absolute atomic E-state index is 14.7. The Morgan fingerprint density at radius 3 is 2.94 bits per heavy atom. The van der Waals surface area contributed by atoms with Gasteiger partial charge in [-0.2, -0.15) is 0 Å². The van der Waals surface area contributed by atoms with Gasteiger partial charge in [-0.25, -0.2) is 14.2 Å². The van der Waals surface area contributed by atoms with Gasteiger partial charge in [-0.1, -0.05) is 0 Å². The Balaban J connectivity index is 1.67. The van der Waals surface area contributed by atoms with Gasteiger partial charge in [0.1, 0.15) is 24.4 Å². The molecule has 1 aliphatic rings. The fourth-order valence-corrected chi connectivity index (χ4v) is 3.31. The molecule has 2 aromatic heterocycles. The second-order valence-corrected chi connectivity index (χ2v) is 7.14. The van der Waals surface area contributed by atoms with Crippen molar-refractivity contribution in [3.8, 4) is 11.5 Å². The zero-order chi connectivity index (χ0) is 24.1. The first-order valence-corrected chi connectivity index (χ1v) is 10.5. The van der Waals surface area contributed by atoms with Gasteiger partial charge in [-0.3, -0.25) is 0 Å². The van der Waals surface area contributed by atoms with E-state index >= 15 is 0 Å². The van der Waals surface area contributed by atoms with Crippen LogP contribution in [0.4, 0.5) is 21.8 Å². The number of hydrogen-bond donors (Lipinski definition) is 3. The van der Waals surface area contributed by atoms with E-state index in [1.54, 1.807) is 37.5 Å². The number of aromatic hydroxyl groups is 1. The van der Waals surface area contributed by atoms with Gasteiger partial charge in [0, 0.05) is 18.7 Å². The highest BCUT2D eigenvalue weighted by atomic mass is 19.1. The van der Waals surface area contributed by atoms with Crippen LogP contribution in [-0.2, 0) is 9.47 Å². The number of carbonyl (C=O) groups is 1. The van der Waals surface area contributed by atoms with Crippen molar-refractivity contribution in [2.24, 2.45) is 0 Å². The number of allylic oxidation sites excluding steroid dienone is 1. The highest BCUT2D eigenvalue weighted by molar-refractivity contribution is 6.17. The van der Waals surface area contributed by atoms with Crippen molar-refractivity contribution in [3.63, 3.8) is 0 Å². The minimum atomic E-state index is -0.813. The van der Waals surface area contributed by atoms with Gasteiger partial charge in [-0.15, -0.1) is 0 Å². The second-order valence-electron chi connectivity index (χ2n) is 7.14. The van der Waals surface area contributed by atoms with Crippen molar-refractivity contribution in [2.75, 3.05) is 32.2 Å². The summed E-state index contributed by atoms with van der Waals surface area (Å²) in [5.74, 6) is -1.09. The third kappa shape index (κ3) is 4.76. The third-order valence-electron chi connectivity index (χ3n) is 4.90. The summed E-state index contributed by atoms with van der Waals surface area (Å²) in [7, 11) is 1.54. The molecule has 1 aromatic carbocycles. The lowest BCUT2D eigenvalue weighted by atomic mass is 10.1. The number of ether oxygens (including phenoxy) is 3. The number of esters is 1. The highest BCUT2D eigenvalue weighted by Gasteiger charge is 2.28. The summed E-state index contributed by atoms with van der Waals surface area (Å²) in [5.41, 5.74) is 1.24. The van der Waals surface area contributed by atoms with Crippen LogP contribution in [0.15, 0.2) is 40.9 Å². The minimum absolute atomic E-state index is 0.00441. The largest absolute Gasteiger partial charge is 0.504 e. The Labute approximate surface area is 194 Å². The molecule has 4 rings (SSSR count). The highest BCUT2D eigenvalue weighted by Crippen LogP contribution is 2.38. The molecule has 0 saturated carbocycles. The summed E-state index contributed by atoms with van der Waals surface area (Å²) in [6.07, 6.45) is 4.89. The molecule has 0 bridgehead atoms. The number of pyridine rings is 1. The molecule has 0 aliphatic carbocycles. The number of rotatable bonds is 9. The number of nitrogens with one attached hydrogen (secondary N) is 2. The Hall–Kier alpha value is -4.18. The van der Waals surface area contributed by atoms with Gasteiger partial charge >= 0.3 is 11.8 Å². The van der Waals surface area contributed by atoms with Crippen LogP contribution >= 0.6 is 0 Å². The average molecular weight is 468 g/mol. The van der Waals surface area contributed by atoms with Crippen LogP contribution in [0.2, 0.25) is 0 Å². The monoisotopic (exact) mass is 468 g/mol. The summed E-state index contributed by atoms with van der Waals surface area (Å²) >= 11 is 0. The quantitative estimate of drug-likeness (QED) is 0.324. The summed E-state index contributed by atoms with van der Waals surface area (Å²) in [4.78, 5) is 19.8. The summed E-state index contributed by atoms with van der Waals surface area (Å²) in [5, 5.41) is 13.5. The predicted molar refractivity (Wildman–Crippen MR) is 122 cm³/mol. The topological polar surface area (TPSA) is 117 Å². The summed E-state index contributed by atoms with van der Waals surface area (Å²) in [6.45, 7) is 2.35. The van der Waals surface area contributed by atoms with Crippen LogP contribution in [0.5, 0.6) is 11.5 Å². The zero-order valence-electron chi connectivity index (χ0n) is 18.6. The first kappa shape index (κ1) is 23.0. The number of hydrogen-bond acceptors (Lipinski definition) is 8. The van der Waals surface area contributed by atoms with Crippen LogP contribution in [0, 0.1) is 5.82 Å². The summed E-state index contributed by atoms with van der Waals surface area (Å²) in [6, 6.07) is 7.80. The van der Waals surface area contributed by atoms with Crippen molar-refractivity contribution in [1.82, 2.24) is 4.98 Å². The van der Waals surface area contributed by atoms with Crippen LogP contribution in [-0.4, -0.2) is 49.2 Å². The molecule has 0 radical (unpaired) electrons. The van der Waals surface area contributed by atoms with E-state index in [-0.39, 0.29) is 36.1 Å². The molecule has 34 heavy (non-hydrogen) atoms. The smallest absolute Gasteiger partial charge is 0.347 e. The van der Waals surface area contributed by atoms with Gasteiger partial charge in [0.25, 0.3) is 0 Å². The van der Waals surface area contributed by atoms with Crippen molar-refractivity contribution in [2.45, 2.75) is 6.92 Å². The minimum Gasteiger partial charge on any atom is -0.504 e. The fraction of sp³-hybridized carbons (Fsp3) is 0.208. The number of fused-ring (bicyclic) bond motifs is 1. The van der Waals surface area contributed by atoms with E-state index in [4.69, 9.17) is 18.6 Å². The number of anilines is 2. The number of carbonyl (C=O) groups excluding carboxylic acids is 1. The number of nitrogens with zero attached hydrogens (tertiary/aromatic N) is 1. The molecule has 3 N–H and O–H groups in total. The van der Waals surface area contributed by atoms with Gasteiger partial charge in [-0.05, 0) is 42.2 Å². The van der Waals surface area contributed by atoms with Gasteiger partial charge in [0.15, 0.2) is 17.1 Å². The molecule has 0 spiro atoms. The molecule has 9 nitrogen and oxygen atoms in total. The van der Waals surface area contributed by atoms with Crippen LogP contribution in [0.1, 0.15) is 28.6 Å². The first-order valence-electron chi connectivity index (χ1n) is 10.5. The molecule has 10 heteroatoms. The Bertz CT molecular complexity index is 1270. The number of benzene rings is 1. The average Bonchev–Trinajstić information content (AvgIpc) is 3.37. The number of methoxy groups -OCH3 is 1. The lowest BCUT2D eigenvalue weighted by Crippen LogP contribution is -2.59. The fourth-order valence-electron chi connectivity index (χ4n) is 3.31. The molecule has 0 unspecified atom stereocenters. The maximum Gasteiger partial charge on any atom is 0.347 e. The van der Waals surface area contributed by atoms with Crippen molar-refractivity contribution in [1.29, 1.82) is 0 Å². The molecular formula is C24H23FN3O6+. The summed E-state index contributed by atoms with van der Waals surface area (Å²) < 4.78 is 35.8. The van der Waals surface area contributed by atoms with Crippen molar-refractivity contribution in [3.05, 3.63) is 59.2 Å². The molecule has 0 fully saturated rings. The van der Waals surface area contributed by atoms with Gasteiger partial charge < -0.3 is 29.1 Å². The number of aromatic nitrogens is 1. The molecule has 1 aliphatic heterocycles. The van der Waals surface area contributed by atoms with Crippen molar-refractivity contribution < 1.29 is 37.9 Å². The standard InChI is InChI=1S/C24H22FN3O6/c1-3-32-24(30)20-21(29)19(11-14-13-27-22-16(14)5-4-8-26-22)34-23(20)28-18-7-6-15(12-17(18)25)33-10-9-31-2/h4-8,11-13,28-29H,3,9-10H2,1-2H3/p+1. The molecule has 0 saturated heterocycles. The molecule has 176 valence electrons. The van der Waals surface area contributed by atoms with Gasteiger partial charge in [0.2, 0.25) is 5.88 Å². The molecule has 3 heterocycles. The third-order valence-corrected chi connectivity index (χ3v) is 4.90. The maximum atomic E-state index is 14.7. The lowest BCUT2D eigenvalue weighted by Gasteiger charge is -2.10. The SMILES string of the molecule is CCOC(=O)c1c(Nc2ccc(OCCOC)cc2F)oc(C=C2C=[NH+]c3ncccc32)c1O. The van der Waals surface area contributed by atoms with E-state index in [0.29, 0.717) is 23.7 Å². The van der Waals surface area contributed by atoms with E-state index in [1.165, 1.54) is 19.2 Å². The van der Waals surface area contributed by atoms with Gasteiger partial charge in [0.05, 0.1) is 30.7 Å². The predicted octanol–water partition coefficient (Wildman–Crippen LogP) is 2.80. The van der Waals surface area contributed by atoms with E-state index < -0.39 is 17.5 Å². The van der Waals surface area contributed by atoms with E-state index in [1.807, 2.05) is 6.07 Å². The normalized spacial score (nSPS) is 13.2.